The molecule has 0 radical (unpaired) electrons. The van der Waals surface area contributed by atoms with Crippen LogP contribution >= 0.6 is 0 Å². The molecule has 0 saturated carbocycles. The van der Waals surface area contributed by atoms with Gasteiger partial charge in [-0.15, -0.1) is 0 Å². The molecule has 0 unspecified atom stereocenters. The van der Waals surface area contributed by atoms with Crippen molar-refractivity contribution in [3.8, 4) is 23.1 Å². The zero-order valence-electron chi connectivity index (χ0n) is 14.6. The summed E-state index contributed by atoms with van der Waals surface area (Å²) in [5.41, 5.74) is 2.13. The number of benzene rings is 1. The summed E-state index contributed by atoms with van der Waals surface area (Å²) < 4.78 is 21.5. The van der Waals surface area contributed by atoms with Crippen LogP contribution in [-0.4, -0.2) is 32.9 Å². The standard InChI is InChI=1S/C18H24N2O4/c1-5-24-18-15(21-2)8-14(9-16(18)22-3)11-19-10-13-6-7-17(23-4)20-12-13/h6-9,12,19H,5,10-11H2,1-4H3. The Labute approximate surface area is 142 Å². The lowest BCUT2D eigenvalue weighted by Crippen LogP contribution is -2.13. The maximum Gasteiger partial charge on any atom is 0.212 e. The van der Waals surface area contributed by atoms with Gasteiger partial charge >= 0.3 is 0 Å². The van der Waals surface area contributed by atoms with Crippen molar-refractivity contribution in [2.75, 3.05) is 27.9 Å². The fourth-order valence-electron chi connectivity index (χ4n) is 2.31. The van der Waals surface area contributed by atoms with E-state index in [0.717, 1.165) is 11.1 Å². The summed E-state index contributed by atoms with van der Waals surface area (Å²) in [6, 6.07) is 7.73. The molecule has 0 fully saturated rings. The van der Waals surface area contributed by atoms with Gasteiger partial charge in [0.2, 0.25) is 11.6 Å². The van der Waals surface area contributed by atoms with Gasteiger partial charge in [0.15, 0.2) is 11.5 Å². The van der Waals surface area contributed by atoms with Gasteiger partial charge in [-0.25, -0.2) is 4.98 Å². The van der Waals surface area contributed by atoms with Crippen LogP contribution in [-0.2, 0) is 13.1 Å². The molecular weight excluding hydrogens is 308 g/mol. The zero-order chi connectivity index (χ0) is 17.4. The molecule has 0 atom stereocenters. The average molecular weight is 332 g/mol. The fraction of sp³-hybridized carbons (Fsp3) is 0.389. The van der Waals surface area contributed by atoms with Gasteiger partial charge in [-0.1, -0.05) is 6.07 Å². The Bertz CT molecular complexity index is 619. The van der Waals surface area contributed by atoms with Crippen LogP contribution in [0.15, 0.2) is 30.5 Å². The van der Waals surface area contributed by atoms with Gasteiger partial charge in [0, 0.05) is 25.4 Å². The third-order valence-corrected chi connectivity index (χ3v) is 3.47. The minimum atomic E-state index is 0.550. The lowest BCUT2D eigenvalue weighted by atomic mass is 10.1. The highest BCUT2D eigenvalue weighted by molar-refractivity contribution is 5.53. The molecule has 2 aromatic rings. The van der Waals surface area contributed by atoms with Crippen LogP contribution in [0, 0.1) is 0 Å². The SMILES string of the molecule is CCOc1c(OC)cc(CNCc2ccc(OC)nc2)cc1OC. The molecule has 0 aliphatic carbocycles. The zero-order valence-corrected chi connectivity index (χ0v) is 14.6. The van der Waals surface area contributed by atoms with E-state index in [4.69, 9.17) is 18.9 Å². The molecule has 1 aromatic carbocycles. The molecule has 1 heterocycles. The normalized spacial score (nSPS) is 10.3. The van der Waals surface area contributed by atoms with Crippen molar-refractivity contribution in [2.24, 2.45) is 0 Å². The smallest absolute Gasteiger partial charge is 0.212 e. The first kappa shape index (κ1) is 17.9. The molecule has 0 aliphatic heterocycles. The molecule has 0 saturated heterocycles. The summed E-state index contributed by atoms with van der Waals surface area (Å²) in [5, 5.41) is 3.38. The van der Waals surface area contributed by atoms with Gasteiger partial charge in [-0.2, -0.15) is 0 Å². The third-order valence-electron chi connectivity index (χ3n) is 3.47. The predicted molar refractivity (Wildman–Crippen MR) is 92.0 cm³/mol. The van der Waals surface area contributed by atoms with Crippen LogP contribution in [0.2, 0.25) is 0 Å². The van der Waals surface area contributed by atoms with Crippen LogP contribution in [0.4, 0.5) is 0 Å². The topological polar surface area (TPSA) is 61.8 Å². The average Bonchev–Trinajstić information content (AvgIpc) is 2.63. The van der Waals surface area contributed by atoms with E-state index in [-0.39, 0.29) is 0 Å². The molecule has 2 rings (SSSR count). The van der Waals surface area contributed by atoms with E-state index >= 15 is 0 Å². The number of nitrogens with zero attached hydrogens (tertiary/aromatic N) is 1. The lowest BCUT2D eigenvalue weighted by molar-refractivity contribution is 0.288. The number of ether oxygens (including phenoxy) is 4. The lowest BCUT2D eigenvalue weighted by Gasteiger charge is -2.15. The van der Waals surface area contributed by atoms with Gasteiger partial charge < -0.3 is 24.3 Å². The summed E-state index contributed by atoms with van der Waals surface area (Å²) in [6.45, 7) is 3.85. The summed E-state index contributed by atoms with van der Waals surface area (Å²) >= 11 is 0. The first-order valence-corrected chi connectivity index (χ1v) is 7.79. The van der Waals surface area contributed by atoms with Crippen molar-refractivity contribution in [2.45, 2.75) is 20.0 Å². The molecule has 24 heavy (non-hydrogen) atoms. The van der Waals surface area contributed by atoms with E-state index in [1.165, 1.54) is 0 Å². The van der Waals surface area contributed by atoms with Gasteiger partial charge in [-0.05, 0) is 30.2 Å². The Balaban J connectivity index is 2.03. The highest BCUT2D eigenvalue weighted by Gasteiger charge is 2.13. The molecule has 0 bridgehead atoms. The second-order valence-corrected chi connectivity index (χ2v) is 5.07. The van der Waals surface area contributed by atoms with Crippen molar-refractivity contribution >= 4 is 0 Å². The number of methoxy groups -OCH3 is 3. The number of nitrogens with one attached hydrogen (secondary N) is 1. The Morgan fingerprint density at radius 2 is 1.58 bits per heavy atom. The van der Waals surface area contributed by atoms with Crippen molar-refractivity contribution in [1.29, 1.82) is 0 Å². The van der Waals surface area contributed by atoms with Crippen LogP contribution in [0.1, 0.15) is 18.1 Å². The van der Waals surface area contributed by atoms with Crippen LogP contribution in [0.25, 0.3) is 0 Å². The number of hydrogen-bond acceptors (Lipinski definition) is 6. The van der Waals surface area contributed by atoms with Crippen LogP contribution in [0.5, 0.6) is 23.1 Å². The highest BCUT2D eigenvalue weighted by Crippen LogP contribution is 2.38. The highest BCUT2D eigenvalue weighted by atomic mass is 16.5. The van der Waals surface area contributed by atoms with E-state index in [1.807, 2.05) is 31.2 Å². The molecule has 0 amide bonds. The molecule has 1 aromatic heterocycles. The maximum atomic E-state index is 5.61. The molecule has 6 heteroatoms. The summed E-state index contributed by atoms with van der Waals surface area (Å²) in [6.07, 6.45) is 1.80. The Hall–Kier alpha value is -2.47. The first-order chi connectivity index (χ1) is 11.7. The summed E-state index contributed by atoms with van der Waals surface area (Å²) in [7, 11) is 4.85. The van der Waals surface area contributed by atoms with E-state index in [0.29, 0.717) is 42.8 Å². The Kier molecular flexibility index (Phi) is 6.69. The Morgan fingerprint density at radius 1 is 0.917 bits per heavy atom. The molecule has 0 spiro atoms. The van der Waals surface area contributed by atoms with Crippen LogP contribution in [0.3, 0.4) is 0 Å². The van der Waals surface area contributed by atoms with Gasteiger partial charge in [0.05, 0.1) is 27.9 Å². The van der Waals surface area contributed by atoms with E-state index in [2.05, 4.69) is 10.3 Å². The van der Waals surface area contributed by atoms with Gasteiger partial charge in [0.1, 0.15) is 0 Å². The summed E-state index contributed by atoms with van der Waals surface area (Å²) in [4.78, 5) is 4.19. The van der Waals surface area contributed by atoms with Gasteiger partial charge in [-0.3, -0.25) is 0 Å². The molecule has 1 N–H and O–H groups in total. The van der Waals surface area contributed by atoms with Gasteiger partial charge in [0.25, 0.3) is 0 Å². The van der Waals surface area contributed by atoms with Crippen molar-refractivity contribution < 1.29 is 18.9 Å². The van der Waals surface area contributed by atoms with E-state index in [9.17, 15) is 0 Å². The monoisotopic (exact) mass is 332 g/mol. The second kappa shape index (κ2) is 8.98. The number of pyridine rings is 1. The number of aromatic nitrogens is 1. The van der Waals surface area contributed by atoms with Crippen molar-refractivity contribution in [1.82, 2.24) is 10.3 Å². The minimum absolute atomic E-state index is 0.550. The molecule has 6 nitrogen and oxygen atoms in total. The molecule has 0 aliphatic rings. The number of rotatable bonds is 9. The van der Waals surface area contributed by atoms with E-state index in [1.54, 1.807) is 27.5 Å². The quantitative estimate of drug-likeness (QED) is 0.762. The van der Waals surface area contributed by atoms with Crippen molar-refractivity contribution in [3.63, 3.8) is 0 Å². The first-order valence-electron chi connectivity index (χ1n) is 7.79. The van der Waals surface area contributed by atoms with Crippen LogP contribution < -0.4 is 24.3 Å². The molecular formula is C18H24N2O4. The molecule has 130 valence electrons. The minimum Gasteiger partial charge on any atom is -0.493 e. The third kappa shape index (κ3) is 4.52. The van der Waals surface area contributed by atoms with E-state index < -0.39 is 0 Å². The predicted octanol–water partition coefficient (Wildman–Crippen LogP) is 2.80. The maximum absolute atomic E-state index is 5.61. The van der Waals surface area contributed by atoms with Crippen molar-refractivity contribution in [3.05, 3.63) is 41.6 Å². The Morgan fingerprint density at radius 3 is 2.08 bits per heavy atom. The summed E-state index contributed by atoms with van der Waals surface area (Å²) in [5.74, 6) is 2.57. The number of hydrogen-bond donors (Lipinski definition) is 1. The largest absolute Gasteiger partial charge is 0.493 e. The fourth-order valence-corrected chi connectivity index (χ4v) is 2.31. The second-order valence-electron chi connectivity index (χ2n) is 5.07.